The second kappa shape index (κ2) is 4.34. The summed E-state index contributed by atoms with van der Waals surface area (Å²) in [6.45, 7) is 0. The van der Waals surface area contributed by atoms with Crippen LogP contribution >= 0.6 is 0 Å². The van der Waals surface area contributed by atoms with Crippen LogP contribution in [0.4, 0.5) is 0 Å². The van der Waals surface area contributed by atoms with E-state index in [0.29, 0.717) is 12.3 Å². The van der Waals surface area contributed by atoms with E-state index in [9.17, 15) is 5.26 Å². The van der Waals surface area contributed by atoms with Gasteiger partial charge in [-0.3, -0.25) is 0 Å². The Morgan fingerprint density at radius 3 is 2.00 bits per heavy atom. The Balaban J connectivity index is 1.75. The van der Waals surface area contributed by atoms with E-state index < -0.39 is 0 Å². The normalized spacial score (nSPS) is 44.0. The number of hydrogen-bond donors (Lipinski definition) is 0. The van der Waals surface area contributed by atoms with Crippen LogP contribution in [0, 0.1) is 58.2 Å². The van der Waals surface area contributed by atoms with Gasteiger partial charge in [-0.15, -0.1) is 0 Å². The van der Waals surface area contributed by atoms with Crippen molar-refractivity contribution in [3.63, 3.8) is 0 Å². The standard InChI is InChI=1S/C15H20N2/c16-3-1-2-12(9-17)15-13-5-10-4-11(7-13)8-14(15)6-10/h10-15H,1-2,4-8H2. The molecule has 1 atom stereocenters. The topological polar surface area (TPSA) is 47.6 Å². The molecule has 4 aliphatic carbocycles. The lowest BCUT2D eigenvalue weighted by Gasteiger charge is -2.55. The minimum atomic E-state index is 0.157. The van der Waals surface area contributed by atoms with E-state index in [4.69, 9.17) is 5.26 Å². The largest absolute Gasteiger partial charge is 0.198 e. The second-order valence-corrected chi connectivity index (χ2v) is 6.44. The van der Waals surface area contributed by atoms with Crippen molar-refractivity contribution in [1.29, 1.82) is 10.5 Å². The highest BCUT2D eigenvalue weighted by Crippen LogP contribution is 2.58. The zero-order valence-corrected chi connectivity index (χ0v) is 10.3. The Bertz CT molecular complexity index is 345. The van der Waals surface area contributed by atoms with Gasteiger partial charge in [0.15, 0.2) is 0 Å². The molecule has 0 aliphatic heterocycles. The summed E-state index contributed by atoms with van der Waals surface area (Å²) in [5.41, 5.74) is 0. The summed E-state index contributed by atoms with van der Waals surface area (Å²) in [4.78, 5) is 0. The molecule has 0 aromatic rings. The quantitative estimate of drug-likeness (QED) is 0.742. The summed E-state index contributed by atoms with van der Waals surface area (Å²) in [5, 5.41) is 18.1. The Hall–Kier alpha value is -1.02. The Morgan fingerprint density at radius 1 is 0.941 bits per heavy atom. The van der Waals surface area contributed by atoms with Crippen molar-refractivity contribution >= 4 is 0 Å². The number of rotatable bonds is 3. The summed E-state index contributed by atoms with van der Waals surface area (Å²) in [5.74, 6) is 4.36. The summed E-state index contributed by atoms with van der Waals surface area (Å²) in [7, 11) is 0. The van der Waals surface area contributed by atoms with Crippen LogP contribution in [0.1, 0.15) is 44.9 Å². The van der Waals surface area contributed by atoms with E-state index in [1.807, 2.05) is 0 Å². The first kappa shape index (κ1) is 11.1. The molecule has 0 radical (unpaired) electrons. The van der Waals surface area contributed by atoms with Crippen LogP contribution in [0.25, 0.3) is 0 Å². The van der Waals surface area contributed by atoms with Gasteiger partial charge in [-0.05, 0) is 68.1 Å². The molecule has 0 N–H and O–H groups in total. The molecule has 0 spiro atoms. The van der Waals surface area contributed by atoms with Gasteiger partial charge in [-0.2, -0.15) is 10.5 Å². The lowest BCUT2D eigenvalue weighted by molar-refractivity contribution is -0.0531. The number of nitrogens with zero attached hydrogens (tertiary/aromatic N) is 2. The average molecular weight is 228 g/mol. The predicted octanol–water partition coefficient (Wildman–Crippen LogP) is 3.50. The van der Waals surface area contributed by atoms with Crippen molar-refractivity contribution in [3.05, 3.63) is 0 Å². The van der Waals surface area contributed by atoms with Gasteiger partial charge in [-0.1, -0.05) is 0 Å². The SMILES string of the molecule is N#CCCC(C#N)C1C2CC3CC(C2)CC1C3. The van der Waals surface area contributed by atoms with Crippen LogP contribution in [-0.2, 0) is 0 Å². The zero-order chi connectivity index (χ0) is 11.8. The summed E-state index contributed by atoms with van der Waals surface area (Å²) in [6, 6.07) is 4.72. The molecule has 4 bridgehead atoms. The van der Waals surface area contributed by atoms with E-state index in [0.717, 1.165) is 30.1 Å². The van der Waals surface area contributed by atoms with Crippen LogP contribution in [0.5, 0.6) is 0 Å². The summed E-state index contributed by atoms with van der Waals surface area (Å²) >= 11 is 0. The maximum Gasteiger partial charge on any atom is 0.0659 e. The molecule has 4 aliphatic rings. The van der Waals surface area contributed by atoms with Crippen LogP contribution in [-0.4, -0.2) is 0 Å². The third-order valence-electron chi connectivity index (χ3n) is 5.50. The highest BCUT2D eigenvalue weighted by Gasteiger charge is 2.50. The Labute approximate surface area is 104 Å². The molecule has 4 saturated carbocycles. The molecule has 0 heterocycles. The fourth-order valence-electron chi connectivity index (χ4n) is 5.19. The van der Waals surface area contributed by atoms with Crippen LogP contribution in [0.15, 0.2) is 0 Å². The van der Waals surface area contributed by atoms with E-state index in [1.54, 1.807) is 0 Å². The molecule has 17 heavy (non-hydrogen) atoms. The number of nitriles is 2. The van der Waals surface area contributed by atoms with Gasteiger partial charge in [0.05, 0.1) is 18.1 Å². The first-order valence-electron chi connectivity index (χ1n) is 7.08. The maximum absolute atomic E-state index is 9.38. The fourth-order valence-corrected chi connectivity index (χ4v) is 5.19. The summed E-state index contributed by atoms with van der Waals surface area (Å²) in [6.07, 6.45) is 8.34. The van der Waals surface area contributed by atoms with E-state index in [2.05, 4.69) is 12.1 Å². The van der Waals surface area contributed by atoms with Gasteiger partial charge in [-0.25, -0.2) is 0 Å². The van der Waals surface area contributed by atoms with Crippen molar-refractivity contribution < 1.29 is 0 Å². The molecule has 0 saturated heterocycles. The average Bonchev–Trinajstić information content (AvgIpc) is 2.31. The number of hydrogen-bond acceptors (Lipinski definition) is 2. The molecular formula is C15H20N2. The smallest absolute Gasteiger partial charge is 0.0659 e. The molecule has 0 aromatic carbocycles. The van der Waals surface area contributed by atoms with Crippen molar-refractivity contribution in [2.45, 2.75) is 44.9 Å². The summed E-state index contributed by atoms with van der Waals surface area (Å²) < 4.78 is 0. The van der Waals surface area contributed by atoms with Crippen molar-refractivity contribution in [1.82, 2.24) is 0 Å². The third kappa shape index (κ3) is 1.85. The van der Waals surface area contributed by atoms with Crippen LogP contribution in [0.3, 0.4) is 0 Å². The molecule has 1 unspecified atom stereocenters. The van der Waals surface area contributed by atoms with Gasteiger partial charge < -0.3 is 0 Å². The van der Waals surface area contributed by atoms with Gasteiger partial charge in [0, 0.05) is 6.42 Å². The third-order valence-corrected chi connectivity index (χ3v) is 5.50. The first-order valence-corrected chi connectivity index (χ1v) is 7.08. The molecule has 2 nitrogen and oxygen atoms in total. The highest BCUT2D eigenvalue weighted by atomic mass is 14.5. The predicted molar refractivity (Wildman–Crippen MR) is 64.5 cm³/mol. The Morgan fingerprint density at radius 2 is 1.53 bits per heavy atom. The van der Waals surface area contributed by atoms with Crippen molar-refractivity contribution in [2.75, 3.05) is 0 Å². The minimum Gasteiger partial charge on any atom is -0.198 e. The van der Waals surface area contributed by atoms with Gasteiger partial charge in [0.25, 0.3) is 0 Å². The van der Waals surface area contributed by atoms with E-state index in [-0.39, 0.29) is 5.92 Å². The maximum atomic E-state index is 9.38. The zero-order valence-electron chi connectivity index (χ0n) is 10.3. The molecule has 90 valence electrons. The molecule has 0 aromatic heterocycles. The molecule has 4 fully saturated rings. The second-order valence-electron chi connectivity index (χ2n) is 6.44. The van der Waals surface area contributed by atoms with Gasteiger partial charge in [0.1, 0.15) is 0 Å². The molecule has 2 heteroatoms. The monoisotopic (exact) mass is 228 g/mol. The highest BCUT2D eigenvalue weighted by molar-refractivity contribution is 5.04. The molecule has 0 amide bonds. The van der Waals surface area contributed by atoms with Crippen molar-refractivity contribution in [2.24, 2.45) is 35.5 Å². The molecule has 4 rings (SSSR count). The van der Waals surface area contributed by atoms with Gasteiger partial charge >= 0.3 is 0 Å². The lowest BCUT2D eigenvalue weighted by Crippen LogP contribution is -2.47. The Kier molecular flexibility index (Phi) is 2.83. The first-order chi connectivity index (χ1) is 8.31. The minimum absolute atomic E-state index is 0.157. The fraction of sp³-hybridized carbons (Fsp3) is 0.867. The van der Waals surface area contributed by atoms with Crippen LogP contribution in [0.2, 0.25) is 0 Å². The van der Waals surface area contributed by atoms with Gasteiger partial charge in [0.2, 0.25) is 0 Å². The molecular weight excluding hydrogens is 208 g/mol. The van der Waals surface area contributed by atoms with Crippen LogP contribution < -0.4 is 0 Å². The lowest BCUT2D eigenvalue weighted by atomic mass is 9.49. The van der Waals surface area contributed by atoms with E-state index >= 15 is 0 Å². The van der Waals surface area contributed by atoms with E-state index in [1.165, 1.54) is 32.1 Å². The van der Waals surface area contributed by atoms with Crippen molar-refractivity contribution in [3.8, 4) is 12.1 Å².